The Labute approximate surface area is 115 Å². The molecular weight excluding hydrogens is 298 g/mol. The highest BCUT2D eigenvalue weighted by atomic mass is 79.9. The maximum absolute atomic E-state index is 12.0. The highest BCUT2D eigenvalue weighted by Gasteiger charge is 2.12. The molecule has 18 heavy (non-hydrogen) atoms. The van der Waals surface area contributed by atoms with Gasteiger partial charge < -0.3 is 9.64 Å². The van der Waals surface area contributed by atoms with Gasteiger partial charge in [-0.05, 0) is 24.6 Å². The summed E-state index contributed by atoms with van der Waals surface area (Å²) in [6.07, 6.45) is 0.926. The average molecular weight is 314 g/mol. The van der Waals surface area contributed by atoms with Gasteiger partial charge in [-0.3, -0.25) is 9.59 Å². The molecular formula is C13H16BrNO3. The second-order valence-electron chi connectivity index (χ2n) is 3.92. The molecule has 0 bridgehead atoms. The van der Waals surface area contributed by atoms with Crippen LogP contribution in [0.3, 0.4) is 0 Å². The third-order valence-electron chi connectivity index (χ3n) is 2.52. The van der Waals surface area contributed by atoms with E-state index < -0.39 is 0 Å². The molecule has 0 N–H and O–H groups in total. The Kier molecular flexibility index (Phi) is 5.85. The molecule has 0 saturated heterocycles. The molecule has 0 spiro atoms. The SMILES string of the molecule is COC(=O)CCCN(C)C(=O)c1cccc(Br)c1. The van der Waals surface area contributed by atoms with E-state index in [-0.39, 0.29) is 11.9 Å². The Morgan fingerprint density at radius 1 is 1.39 bits per heavy atom. The first-order valence-electron chi connectivity index (χ1n) is 5.62. The third-order valence-corrected chi connectivity index (χ3v) is 3.01. The zero-order chi connectivity index (χ0) is 13.5. The Hall–Kier alpha value is -1.36. The summed E-state index contributed by atoms with van der Waals surface area (Å²) >= 11 is 3.33. The van der Waals surface area contributed by atoms with Crippen molar-refractivity contribution in [3.63, 3.8) is 0 Å². The summed E-state index contributed by atoms with van der Waals surface area (Å²) in [7, 11) is 3.08. The summed E-state index contributed by atoms with van der Waals surface area (Å²) < 4.78 is 5.42. The summed E-state index contributed by atoms with van der Waals surface area (Å²) in [5, 5.41) is 0. The van der Waals surface area contributed by atoms with Crippen molar-refractivity contribution in [1.82, 2.24) is 4.90 Å². The number of ether oxygens (including phenoxy) is 1. The van der Waals surface area contributed by atoms with E-state index in [1.807, 2.05) is 12.1 Å². The van der Waals surface area contributed by atoms with Gasteiger partial charge in [0, 0.05) is 30.0 Å². The Morgan fingerprint density at radius 2 is 2.11 bits per heavy atom. The monoisotopic (exact) mass is 313 g/mol. The van der Waals surface area contributed by atoms with Gasteiger partial charge in [0.2, 0.25) is 0 Å². The normalized spacial score (nSPS) is 9.94. The summed E-state index contributed by atoms with van der Waals surface area (Å²) in [6, 6.07) is 7.23. The summed E-state index contributed by atoms with van der Waals surface area (Å²) in [5.41, 5.74) is 0.630. The molecule has 0 radical (unpaired) electrons. The third kappa shape index (κ3) is 4.49. The molecule has 0 saturated carbocycles. The maximum atomic E-state index is 12.0. The van der Waals surface area contributed by atoms with Crippen molar-refractivity contribution in [2.24, 2.45) is 0 Å². The molecule has 98 valence electrons. The fourth-order valence-electron chi connectivity index (χ4n) is 1.51. The zero-order valence-corrected chi connectivity index (χ0v) is 12.1. The first-order valence-corrected chi connectivity index (χ1v) is 6.41. The second kappa shape index (κ2) is 7.16. The van der Waals surface area contributed by atoms with E-state index in [0.717, 1.165) is 4.47 Å². The number of methoxy groups -OCH3 is 1. The lowest BCUT2D eigenvalue weighted by Gasteiger charge is -2.16. The average Bonchev–Trinajstić information content (AvgIpc) is 2.37. The first kappa shape index (κ1) is 14.7. The van der Waals surface area contributed by atoms with E-state index in [4.69, 9.17) is 0 Å². The molecule has 0 aliphatic rings. The largest absolute Gasteiger partial charge is 0.469 e. The standard InChI is InChI=1S/C13H16BrNO3/c1-15(8-4-7-12(16)18-2)13(17)10-5-3-6-11(14)9-10/h3,5-6,9H,4,7-8H2,1-2H3. The summed E-state index contributed by atoms with van der Waals surface area (Å²) in [4.78, 5) is 24.6. The molecule has 4 nitrogen and oxygen atoms in total. The number of nitrogens with zero attached hydrogens (tertiary/aromatic N) is 1. The summed E-state index contributed by atoms with van der Waals surface area (Å²) in [6.45, 7) is 0.528. The van der Waals surface area contributed by atoms with Crippen LogP contribution in [0.5, 0.6) is 0 Å². The number of carbonyl (C=O) groups is 2. The predicted molar refractivity (Wildman–Crippen MR) is 72.4 cm³/mol. The number of benzene rings is 1. The van der Waals surface area contributed by atoms with Gasteiger partial charge in [-0.25, -0.2) is 0 Å². The van der Waals surface area contributed by atoms with Gasteiger partial charge in [0.25, 0.3) is 5.91 Å². The molecule has 1 aromatic rings. The molecule has 0 atom stereocenters. The Morgan fingerprint density at radius 3 is 2.72 bits per heavy atom. The van der Waals surface area contributed by atoms with Crippen LogP contribution in [-0.4, -0.2) is 37.5 Å². The number of carbonyl (C=O) groups excluding carboxylic acids is 2. The van der Waals surface area contributed by atoms with Crippen LogP contribution < -0.4 is 0 Å². The Bertz CT molecular complexity index is 434. The van der Waals surface area contributed by atoms with Crippen LogP contribution in [0.4, 0.5) is 0 Å². The number of hydrogen-bond donors (Lipinski definition) is 0. The molecule has 0 heterocycles. The fourth-order valence-corrected chi connectivity index (χ4v) is 1.91. The maximum Gasteiger partial charge on any atom is 0.305 e. The lowest BCUT2D eigenvalue weighted by atomic mass is 10.2. The van der Waals surface area contributed by atoms with Crippen molar-refractivity contribution in [3.8, 4) is 0 Å². The van der Waals surface area contributed by atoms with E-state index in [2.05, 4.69) is 20.7 Å². The van der Waals surface area contributed by atoms with Crippen LogP contribution in [0.1, 0.15) is 23.2 Å². The molecule has 1 rings (SSSR count). The van der Waals surface area contributed by atoms with Crippen molar-refractivity contribution in [1.29, 1.82) is 0 Å². The number of hydrogen-bond acceptors (Lipinski definition) is 3. The molecule has 0 aliphatic heterocycles. The lowest BCUT2D eigenvalue weighted by Crippen LogP contribution is -2.28. The Balaban J connectivity index is 2.49. The first-order chi connectivity index (χ1) is 8.54. The molecule has 1 amide bonds. The minimum absolute atomic E-state index is 0.0545. The van der Waals surface area contributed by atoms with Crippen LogP contribution in [0.25, 0.3) is 0 Å². The van der Waals surface area contributed by atoms with Crippen LogP contribution in [0, 0.1) is 0 Å². The highest BCUT2D eigenvalue weighted by molar-refractivity contribution is 9.10. The van der Waals surface area contributed by atoms with Crippen LogP contribution in [-0.2, 0) is 9.53 Å². The fraction of sp³-hybridized carbons (Fsp3) is 0.385. The minimum Gasteiger partial charge on any atom is -0.469 e. The van der Waals surface area contributed by atoms with Gasteiger partial charge in [0.15, 0.2) is 0 Å². The van der Waals surface area contributed by atoms with Crippen LogP contribution in [0.15, 0.2) is 28.7 Å². The van der Waals surface area contributed by atoms with Crippen molar-refractivity contribution in [2.75, 3.05) is 20.7 Å². The van der Waals surface area contributed by atoms with E-state index in [1.165, 1.54) is 7.11 Å². The molecule has 0 aliphatic carbocycles. The van der Waals surface area contributed by atoms with E-state index >= 15 is 0 Å². The van der Waals surface area contributed by atoms with Crippen molar-refractivity contribution in [3.05, 3.63) is 34.3 Å². The number of amides is 1. The van der Waals surface area contributed by atoms with Gasteiger partial charge >= 0.3 is 5.97 Å². The second-order valence-corrected chi connectivity index (χ2v) is 4.83. The zero-order valence-electron chi connectivity index (χ0n) is 10.5. The minimum atomic E-state index is -0.252. The van der Waals surface area contributed by atoms with Gasteiger partial charge in [-0.1, -0.05) is 22.0 Å². The molecule has 0 unspecified atom stereocenters. The quantitative estimate of drug-likeness (QED) is 0.785. The smallest absolute Gasteiger partial charge is 0.305 e. The lowest BCUT2D eigenvalue weighted by molar-refractivity contribution is -0.140. The summed E-state index contributed by atoms with van der Waals surface area (Å²) in [5.74, 6) is -0.306. The molecule has 0 aromatic heterocycles. The van der Waals surface area contributed by atoms with Gasteiger partial charge in [0.05, 0.1) is 7.11 Å². The number of esters is 1. The van der Waals surface area contributed by atoms with E-state index in [0.29, 0.717) is 24.9 Å². The number of halogens is 1. The van der Waals surface area contributed by atoms with Crippen molar-refractivity contribution >= 4 is 27.8 Å². The molecule has 5 heteroatoms. The van der Waals surface area contributed by atoms with E-state index in [1.54, 1.807) is 24.1 Å². The van der Waals surface area contributed by atoms with Crippen LogP contribution in [0.2, 0.25) is 0 Å². The molecule has 1 aromatic carbocycles. The van der Waals surface area contributed by atoms with Crippen LogP contribution >= 0.6 is 15.9 Å². The predicted octanol–water partition coefficient (Wildman–Crippen LogP) is 2.47. The van der Waals surface area contributed by atoms with E-state index in [9.17, 15) is 9.59 Å². The molecule has 0 fully saturated rings. The van der Waals surface area contributed by atoms with Crippen molar-refractivity contribution in [2.45, 2.75) is 12.8 Å². The highest BCUT2D eigenvalue weighted by Crippen LogP contribution is 2.13. The number of rotatable bonds is 5. The van der Waals surface area contributed by atoms with Gasteiger partial charge in [0.1, 0.15) is 0 Å². The van der Waals surface area contributed by atoms with Gasteiger partial charge in [-0.2, -0.15) is 0 Å². The van der Waals surface area contributed by atoms with Gasteiger partial charge in [-0.15, -0.1) is 0 Å². The van der Waals surface area contributed by atoms with Crippen molar-refractivity contribution < 1.29 is 14.3 Å². The topological polar surface area (TPSA) is 46.6 Å².